The molecule has 26 heavy (non-hydrogen) atoms. The Labute approximate surface area is 174 Å². The molecule has 1 unspecified atom stereocenters. The zero-order chi connectivity index (χ0) is 21.1. The van der Waals surface area contributed by atoms with Crippen LogP contribution in [0.25, 0.3) is 0 Å². The molecule has 0 bridgehead atoms. The minimum Gasteiger partial charge on any atom is -0.546 e. The molecule has 1 atom stereocenters. The van der Waals surface area contributed by atoms with E-state index in [9.17, 15) is 75.8 Å². The molecular weight excluding hydrogens is 452 g/mol. The van der Waals surface area contributed by atoms with Gasteiger partial charge in [0.15, 0.2) is 0 Å². The first-order chi connectivity index (χ1) is 10.4. The Balaban J connectivity index is 0. The smallest absolute Gasteiger partial charge is 0.546 e. The predicted molar refractivity (Wildman–Crippen MR) is 40.7 cm³/mol. The average Bonchev–Trinajstić information content (AvgIpc) is 2.33. The summed E-state index contributed by atoms with van der Waals surface area (Å²) in [6.45, 7) is 0. The Bertz CT molecular complexity index is 535. The van der Waals surface area contributed by atoms with Crippen LogP contribution in [-0.4, -0.2) is 47.7 Å². The summed E-state index contributed by atoms with van der Waals surface area (Å²) in [6.07, 6.45) is -15.4. The first-order valence-electron chi connectivity index (χ1n) is 4.99. The first-order valence-corrected chi connectivity index (χ1v) is 4.99. The van der Waals surface area contributed by atoms with Crippen molar-refractivity contribution in [3.05, 3.63) is 0 Å². The summed E-state index contributed by atoms with van der Waals surface area (Å²) in [7, 11) is 0. The Kier molecular flexibility index (Phi) is 7.77. The maximum atomic E-state index is 13.0. The molecule has 0 rings (SSSR count). The van der Waals surface area contributed by atoms with Crippen LogP contribution >= 0.6 is 0 Å². The molecule has 0 spiro atoms. The van der Waals surface area contributed by atoms with E-state index in [2.05, 4.69) is 0 Å². The second-order valence-corrected chi connectivity index (χ2v) is 4.24. The maximum Gasteiger partial charge on any atom is 1.00 e. The number of carboxylic acids is 1. The second kappa shape index (κ2) is 7.14. The predicted octanol–water partition coefficient (Wildman–Crippen LogP) is 0.114. The van der Waals surface area contributed by atoms with Crippen LogP contribution in [-0.2, 0) is 4.79 Å². The summed E-state index contributed by atoms with van der Waals surface area (Å²) in [5.41, 5.74) is -7.74. The largest absolute Gasteiger partial charge is 1.00 e. The summed E-state index contributed by atoms with van der Waals surface area (Å²) in [5, 5.41) is 9.86. The third-order valence-corrected chi connectivity index (χ3v) is 2.64. The van der Waals surface area contributed by atoms with Crippen molar-refractivity contribution in [2.24, 2.45) is 0 Å². The zero-order valence-electron chi connectivity index (χ0n) is 11.5. The zero-order valence-corrected chi connectivity index (χ0v) is 14.6. The Hall–Kier alpha value is 0.0564. The molecule has 0 amide bonds. The van der Waals surface area contributed by atoms with Gasteiger partial charge in [-0.3, -0.25) is 0 Å². The third-order valence-electron chi connectivity index (χ3n) is 2.64. The van der Waals surface area contributed by atoms with Crippen molar-refractivity contribution in [2.75, 3.05) is 0 Å². The molecule has 0 saturated carbocycles. The van der Waals surface area contributed by atoms with E-state index in [-0.39, 0.29) is 51.4 Å². The van der Waals surface area contributed by atoms with Crippen LogP contribution in [0.1, 0.15) is 0 Å². The summed E-state index contributed by atoms with van der Waals surface area (Å²) in [6, 6.07) is 0. The van der Waals surface area contributed by atoms with Crippen LogP contribution < -0.4 is 56.5 Å². The Morgan fingerprint density at radius 3 is 0.962 bits per heavy atom. The van der Waals surface area contributed by atoms with Gasteiger partial charge in [-0.05, 0) is 0 Å². The molecular formula is C8F15KO2. The van der Waals surface area contributed by atoms with Gasteiger partial charge in [-0.15, -0.1) is 0 Å². The molecule has 18 heteroatoms. The number of carbonyl (C=O) groups is 1. The average molecular weight is 452 g/mol. The number of hydrogen-bond donors (Lipinski definition) is 0. The van der Waals surface area contributed by atoms with Gasteiger partial charge in [-0.1, -0.05) is 0 Å². The van der Waals surface area contributed by atoms with E-state index in [1.807, 2.05) is 0 Å². The number of carbonyl (C=O) groups excluding carboxylic acids is 1. The molecule has 0 fully saturated rings. The van der Waals surface area contributed by atoms with E-state index in [0.717, 1.165) is 0 Å². The van der Waals surface area contributed by atoms with Gasteiger partial charge in [0.05, 0.1) is 5.97 Å². The molecule has 0 aromatic heterocycles. The van der Waals surface area contributed by atoms with Gasteiger partial charge >= 0.3 is 93.1 Å². The third kappa shape index (κ3) is 3.55. The van der Waals surface area contributed by atoms with Gasteiger partial charge in [0.25, 0.3) is 0 Å². The summed E-state index contributed by atoms with van der Waals surface area (Å²) in [4.78, 5) is 9.86. The topological polar surface area (TPSA) is 40.1 Å². The van der Waals surface area contributed by atoms with Crippen molar-refractivity contribution < 1.29 is 127 Å². The normalized spacial score (nSPS) is 17.3. The number of alkyl halides is 15. The summed E-state index contributed by atoms with van der Waals surface area (Å²) in [5.74, 6) is -38.2. The van der Waals surface area contributed by atoms with E-state index >= 15 is 0 Å². The number of carboxylic acid groups (broad SMARTS) is 1. The molecule has 0 aromatic carbocycles. The van der Waals surface area contributed by atoms with Crippen LogP contribution in [0.5, 0.6) is 0 Å². The van der Waals surface area contributed by atoms with Crippen LogP contribution in [0, 0.1) is 0 Å². The number of halogens is 15. The molecule has 0 aromatic rings. The number of aliphatic carboxylic acids is 1. The van der Waals surface area contributed by atoms with E-state index < -0.39 is 47.7 Å². The SMILES string of the molecule is O=C([O-])C(F)(C(F)(F)F)C(F)(F)C(F)(F)C(F)(F)C(F)(F)C(F)(F)F.[K+]. The molecule has 0 aliphatic rings. The molecule has 0 aliphatic carbocycles. The maximum absolute atomic E-state index is 13.0. The summed E-state index contributed by atoms with van der Waals surface area (Å²) < 4.78 is 186. The van der Waals surface area contributed by atoms with E-state index in [1.165, 1.54) is 0 Å². The molecule has 2 nitrogen and oxygen atoms in total. The molecule has 0 radical (unpaired) electrons. The van der Waals surface area contributed by atoms with Crippen molar-refractivity contribution >= 4 is 5.97 Å². The van der Waals surface area contributed by atoms with Gasteiger partial charge < -0.3 is 9.90 Å². The first kappa shape index (κ1) is 28.3. The fourth-order valence-corrected chi connectivity index (χ4v) is 1.21. The Morgan fingerprint density at radius 2 is 0.769 bits per heavy atom. The fourth-order valence-electron chi connectivity index (χ4n) is 1.21. The van der Waals surface area contributed by atoms with Crippen molar-refractivity contribution in [1.29, 1.82) is 0 Å². The molecule has 0 aliphatic heterocycles. The van der Waals surface area contributed by atoms with Crippen molar-refractivity contribution in [2.45, 2.75) is 41.7 Å². The Morgan fingerprint density at radius 1 is 0.500 bits per heavy atom. The molecule has 150 valence electrons. The fraction of sp³-hybridized carbons (Fsp3) is 0.875. The minimum absolute atomic E-state index is 0. The molecule has 0 heterocycles. The number of hydrogen-bond acceptors (Lipinski definition) is 2. The number of rotatable bonds is 5. The van der Waals surface area contributed by atoms with Crippen molar-refractivity contribution in [3.63, 3.8) is 0 Å². The molecule has 0 N–H and O–H groups in total. The van der Waals surface area contributed by atoms with Gasteiger partial charge in [-0.2, -0.15) is 61.5 Å². The monoisotopic (exact) mass is 452 g/mol. The van der Waals surface area contributed by atoms with Gasteiger partial charge in [0, 0.05) is 0 Å². The van der Waals surface area contributed by atoms with E-state index in [0.29, 0.717) is 0 Å². The van der Waals surface area contributed by atoms with Gasteiger partial charge in [0.2, 0.25) is 0 Å². The van der Waals surface area contributed by atoms with E-state index in [1.54, 1.807) is 0 Å². The molecule has 0 saturated heterocycles. The standard InChI is InChI=1S/C8HF15O2.K/c9-2(1(24)25,7(18,19)20)3(10,11)4(12,13)5(14,15)6(16,17)8(21,22)23;/h(H,24,25);/q;+1/p-1. The van der Waals surface area contributed by atoms with Crippen LogP contribution in [0.4, 0.5) is 65.9 Å². The quantitative estimate of drug-likeness (QED) is 0.440. The van der Waals surface area contributed by atoms with Crippen molar-refractivity contribution in [1.82, 2.24) is 0 Å². The minimum atomic E-state index is -8.50. The van der Waals surface area contributed by atoms with Crippen LogP contribution in [0.3, 0.4) is 0 Å². The van der Waals surface area contributed by atoms with Gasteiger partial charge in [0.1, 0.15) is 0 Å². The van der Waals surface area contributed by atoms with Crippen molar-refractivity contribution in [3.8, 4) is 0 Å². The van der Waals surface area contributed by atoms with Gasteiger partial charge in [-0.25, -0.2) is 4.39 Å². The second-order valence-electron chi connectivity index (χ2n) is 4.24. The summed E-state index contributed by atoms with van der Waals surface area (Å²) >= 11 is 0. The van der Waals surface area contributed by atoms with Crippen LogP contribution in [0.15, 0.2) is 0 Å². The van der Waals surface area contributed by atoms with E-state index in [4.69, 9.17) is 0 Å². The van der Waals surface area contributed by atoms with Crippen LogP contribution in [0.2, 0.25) is 0 Å².